The number of rotatable bonds is 6. The van der Waals surface area contributed by atoms with Crippen LogP contribution in [-0.4, -0.2) is 45.3 Å². The number of aromatic nitrogens is 3. The van der Waals surface area contributed by atoms with Crippen LogP contribution in [0.4, 0.5) is 13.2 Å². The summed E-state index contributed by atoms with van der Waals surface area (Å²) in [6.07, 6.45) is -2.26. The van der Waals surface area contributed by atoms with E-state index in [0.29, 0.717) is 31.5 Å². The van der Waals surface area contributed by atoms with Crippen LogP contribution in [0, 0.1) is 0 Å². The van der Waals surface area contributed by atoms with E-state index in [9.17, 15) is 13.2 Å². The number of alkyl halides is 3. The van der Waals surface area contributed by atoms with E-state index < -0.39 is 12.0 Å². The summed E-state index contributed by atoms with van der Waals surface area (Å²) < 4.78 is 39.4. The smallest absolute Gasteiger partial charge is 0.313 e. The molecule has 1 aliphatic rings. The van der Waals surface area contributed by atoms with Crippen molar-refractivity contribution in [3.05, 3.63) is 11.6 Å². The molecule has 0 radical (unpaired) electrons. The molecular formula is C13H22F3N5. The van der Waals surface area contributed by atoms with E-state index in [1.807, 2.05) is 0 Å². The fraction of sp³-hybridized carbons (Fsp3) is 0.846. The molecule has 0 saturated carbocycles. The van der Waals surface area contributed by atoms with Gasteiger partial charge in [-0.05, 0) is 12.8 Å². The standard InChI is InChI=1S/C13H22F3N5/c1-3-10(4-2)17-5-6-20-7-8-21-11(9-20)18-19-12(21)13(14,15)16/h10,17H,3-9H2,1-2H3. The zero-order valence-electron chi connectivity index (χ0n) is 12.4. The van der Waals surface area contributed by atoms with Crippen LogP contribution >= 0.6 is 0 Å². The normalized spacial score (nSPS) is 16.5. The van der Waals surface area contributed by atoms with E-state index in [-0.39, 0.29) is 0 Å². The van der Waals surface area contributed by atoms with E-state index >= 15 is 0 Å². The minimum absolute atomic E-state index is 0.294. The molecule has 1 aromatic rings. The van der Waals surface area contributed by atoms with Gasteiger partial charge >= 0.3 is 6.18 Å². The van der Waals surface area contributed by atoms with E-state index in [1.54, 1.807) is 0 Å². The summed E-state index contributed by atoms with van der Waals surface area (Å²) in [5, 5.41) is 10.4. The average molecular weight is 305 g/mol. The highest BCUT2D eigenvalue weighted by Crippen LogP contribution is 2.29. The highest BCUT2D eigenvalue weighted by molar-refractivity contribution is 5.02. The minimum Gasteiger partial charge on any atom is -0.313 e. The van der Waals surface area contributed by atoms with Crippen molar-refractivity contribution in [3.8, 4) is 0 Å². The molecule has 2 heterocycles. The summed E-state index contributed by atoms with van der Waals surface area (Å²) in [4.78, 5) is 2.11. The molecule has 1 N–H and O–H groups in total. The largest absolute Gasteiger partial charge is 0.451 e. The number of nitrogens with zero attached hydrogens (tertiary/aromatic N) is 4. The molecule has 0 unspecified atom stereocenters. The molecule has 2 rings (SSSR count). The van der Waals surface area contributed by atoms with Crippen molar-refractivity contribution in [2.24, 2.45) is 0 Å². The average Bonchev–Trinajstić information content (AvgIpc) is 2.86. The molecule has 120 valence electrons. The number of hydrogen-bond acceptors (Lipinski definition) is 4. The van der Waals surface area contributed by atoms with Gasteiger partial charge in [0.15, 0.2) is 0 Å². The van der Waals surface area contributed by atoms with Crippen LogP contribution in [0.15, 0.2) is 0 Å². The molecule has 1 aromatic heterocycles. The third kappa shape index (κ3) is 3.94. The van der Waals surface area contributed by atoms with Crippen LogP contribution in [-0.2, 0) is 19.3 Å². The van der Waals surface area contributed by atoms with Crippen LogP contribution in [0.25, 0.3) is 0 Å². The van der Waals surface area contributed by atoms with Crippen LogP contribution < -0.4 is 5.32 Å². The second-order valence-electron chi connectivity index (χ2n) is 5.33. The summed E-state index contributed by atoms with van der Waals surface area (Å²) in [7, 11) is 0. The van der Waals surface area contributed by atoms with Gasteiger partial charge in [-0.15, -0.1) is 10.2 Å². The summed E-state index contributed by atoms with van der Waals surface area (Å²) in [5.74, 6) is -0.483. The Morgan fingerprint density at radius 3 is 2.52 bits per heavy atom. The predicted octanol–water partition coefficient (Wildman–Crippen LogP) is 1.89. The fourth-order valence-corrected chi connectivity index (χ4v) is 2.61. The van der Waals surface area contributed by atoms with E-state index in [1.165, 1.54) is 4.57 Å². The first-order chi connectivity index (χ1) is 9.95. The molecule has 0 atom stereocenters. The molecule has 0 amide bonds. The van der Waals surface area contributed by atoms with Crippen molar-refractivity contribution in [2.75, 3.05) is 19.6 Å². The monoisotopic (exact) mass is 305 g/mol. The molecule has 0 aliphatic carbocycles. The molecule has 0 saturated heterocycles. The number of hydrogen-bond donors (Lipinski definition) is 1. The lowest BCUT2D eigenvalue weighted by atomic mass is 10.2. The molecule has 0 fully saturated rings. The number of nitrogens with one attached hydrogen (secondary N) is 1. The summed E-state index contributed by atoms with van der Waals surface area (Å²) in [5.41, 5.74) is 0. The van der Waals surface area contributed by atoms with Crippen molar-refractivity contribution in [1.82, 2.24) is 25.0 Å². The maximum absolute atomic E-state index is 12.7. The Hall–Kier alpha value is -1.15. The second kappa shape index (κ2) is 6.74. The zero-order valence-corrected chi connectivity index (χ0v) is 12.4. The Morgan fingerprint density at radius 1 is 1.19 bits per heavy atom. The molecule has 8 heteroatoms. The first-order valence-electron chi connectivity index (χ1n) is 7.40. The number of halogens is 3. The van der Waals surface area contributed by atoms with Gasteiger partial charge < -0.3 is 9.88 Å². The topological polar surface area (TPSA) is 46.0 Å². The van der Waals surface area contributed by atoms with Gasteiger partial charge in [0.2, 0.25) is 5.82 Å². The Labute approximate surface area is 122 Å². The summed E-state index contributed by atoms with van der Waals surface area (Å²) in [6.45, 7) is 7.25. The highest BCUT2D eigenvalue weighted by atomic mass is 19.4. The quantitative estimate of drug-likeness (QED) is 0.872. The zero-order chi connectivity index (χ0) is 15.5. The molecular weight excluding hydrogens is 283 g/mol. The van der Waals surface area contributed by atoms with Gasteiger partial charge in [0.25, 0.3) is 0 Å². The van der Waals surface area contributed by atoms with Gasteiger partial charge in [0.1, 0.15) is 5.82 Å². The molecule has 5 nitrogen and oxygen atoms in total. The summed E-state index contributed by atoms with van der Waals surface area (Å²) in [6, 6.07) is 0.510. The predicted molar refractivity (Wildman–Crippen MR) is 72.7 cm³/mol. The van der Waals surface area contributed by atoms with Gasteiger partial charge in [-0.3, -0.25) is 4.90 Å². The lowest BCUT2D eigenvalue weighted by Crippen LogP contribution is -2.41. The third-order valence-corrected chi connectivity index (χ3v) is 3.93. The maximum atomic E-state index is 12.7. The molecule has 1 aliphatic heterocycles. The Kier molecular flexibility index (Phi) is 5.21. The molecule has 0 bridgehead atoms. The van der Waals surface area contributed by atoms with Crippen LogP contribution in [0.3, 0.4) is 0 Å². The lowest BCUT2D eigenvalue weighted by molar-refractivity contribution is -0.148. The fourth-order valence-electron chi connectivity index (χ4n) is 2.61. The maximum Gasteiger partial charge on any atom is 0.451 e. The van der Waals surface area contributed by atoms with Crippen LogP contribution in [0.1, 0.15) is 38.3 Å². The lowest BCUT2D eigenvalue weighted by Gasteiger charge is -2.28. The van der Waals surface area contributed by atoms with Crippen molar-refractivity contribution in [2.45, 2.75) is 52.0 Å². The van der Waals surface area contributed by atoms with Gasteiger partial charge in [0, 0.05) is 32.2 Å². The van der Waals surface area contributed by atoms with E-state index in [0.717, 1.165) is 25.9 Å². The van der Waals surface area contributed by atoms with Crippen molar-refractivity contribution in [3.63, 3.8) is 0 Å². The third-order valence-electron chi connectivity index (χ3n) is 3.93. The minimum atomic E-state index is -4.43. The van der Waals surface area contributed by atoms with Gasteiger partial charge in [-0.1, -0.05) is 13.8 Å². The Morgan fingerprint density at radius 2 is 1.90 bits per heavy atom. The highest BCUT2D eigenvalue weighted by Gasteiger charge is 2.39. The van der Waals surface area contributed by atoms with Gasteiger partial charge in [0.05, 0.1) is 6.54 Å². The van der Waals surface area contributed by atoms with Crippen LogP contribution in [0.2, 0.25) is 0 Å². The molecule has 0 aromatic carbocycles. The Balaban J connectivity index is 1.88. The first kappa shape index (κ1) is 16.2. The Bertz CT molecular complexity index is 453. The van der Waals surface area contributed by atoms with Crippen molar-refractivity contribution < 1.29 is 13.2 Å². The van der Waals surface area contributed by atoms with Crippen LogP contribution in [0.5, 0.6) is 0 Å². The number of fused-ring (bicyclic) bond motifs is 1. The summed E-state index contributed by atoms with van der Waals surface area (Å²) >= 11 is 0. The van der Waals surface area contributed by atoms with Gasteiger partial charge in [-0.25, -0.2) is 0 Å². The van der Waals surface area contributed by atoms with Gasteiger partial charge in [-0.2, -0.15) is 13.2 Å². The second-order valence-corrected chi connectivity index (χ2v) is 5.33. The van der Waals surface area contributed by atoms with E-state index in [2.05, 4.69) is 34.3 Å². The SMILES string of the molecule is CCC(CC)NCCN1CCn2c(nnc2C(F)(F)F)C1. The van der Waals surface area contributed by atoms with Crippen molar-refractivity contribution >= 4 is 0 Å². The molecule has 0 spiro atoms. The molecule has 21 heavy (non-hydrogen) atoms. The first-order valence-corrected chi connectivity index (χ1v) is 7.40. The van der Waals surface area contributed by atoms with E-state index in [4.69, 9.17) is 0 Å². The van der Waals surface area contributed by atoms with Crippen molar-refractivity contribution in [1.29, 1.82) is 0 Å².